The van der Waals surface area contributed by atoms with Gasteiger partial charge in [0.25, 0.3) is 5.91 Å². The molecular formula is C17H19N3O3. The summed E-state index contributed by atoms with van der Waals surface area (Å²) in [6.07, 6.45) is 1.54. The summed E-state index contributed by atoms with van der Waals surface area (Å²) in [5.41, 5.74) is 1.07. The molecule has 0 aliphatic carbocycles. The van der Waals surface area contributed by atoms with Crippen LogP contribution in [0.15, 0.2) is 30.3 Å². The van der Waals surface area contributed by atoms with Crippen LogP contribution >= 0.6 is 0 Å². The van der Waals surface area contributed by atoms with E-state index in [2.05, 4.69) is 10.2 Å². The van der Waals surface area contributed by atoms with Gasteiger partial charge in [0, 0.05) is 18.5 Å². The second-order valence-electron chi connectivity index (χ2n) is 5.63. The van der Waals surface area contributed by atoms with Gasteiger partial charge in [-0.15, -0.1) is 10.2 Å². The lowest BCUT2D eigenvalue weighted by Gasteiger charge is -2.31. The number of esters is 1. The minimum atomic E-state index is -0.249. The summed E-state index contributed by atoms with van der Waals surface area (Å²) in [6, 6.07) is 9.29. The van der Waals surface area contributed by atoms with Crippen LogP contribution in [-0.4, -0.2) is 46.7 Å². The second kappa shape index (κ2) is 6.73. The molecule has 1 aromatic carbocycles. The first-order valence-corrected chi connectivity index (χ1v) is 7.87. The number of likely N-dealkylation sites (tertiary alicyclic amines) is 1. The van der Waals surface area contributed by atoms with Crippen molar-refractivity contribution in [2.75, 3.05) is 19.7 Å². The largest absolute Gasteiger partial charge is 0.466 e. The Morgan fingerprint density at radius 1 is 1.30 bits per heavy atom. The summed E-state index contributed by atoms with van der Waals surface area (Å²) in [6.45, 7) is 3.16. The zero-order chi connectivity index (χ0) is 16.2. The van der Waals surface area contributed by atoms with E-state index in [1.54, 1.807) is 17.9 Å². The Labute approximate surface area is 134 Å². The van der Waals surface area contributed by atoms with Crippen LogP contribution in [0.1, 0.15) is 30.3 Å². The third-order valence-electron chi connectivity index (χ3n) is 4.04. The number of piperidine rings is 1. The van der Waals surface area contributed by atoms with Crippen molar-refractivity contribution in [2.24, 2.45) is 5.92 Å². The SMILES string of the molecule is CCOC(=O)C1CCCN(C(=O)c2cc3ccccc3nn2)C1. The Morgan fingerprint density at radius 3 is 2.96 bits per heavy atom. The molecule has 1 saturated heterocycles. The molecule has 6 nitrogen and oxygen atoms in total. The monoisotopic (exact) mass is 313 g/mol. The summed E-state index contributed by atoms with van der Waals surface area (Å²) in [5, 5.41) is 9.00. The molecule has 1 aromatic heterocycles. The van der Waals surface area contributed by atoms with Crippen LogP contribution in [0.2, 0.25) is 0 Å². The van der Waals surface area contributed by atoms with Gasteiger partial charge in [0.15, 0.2) is 5.69 Å². The molecule has 0 spiro atoms. The minimum Gasteiger partial charge on any atom is -0.466 e. The molecule has 1 fully saturated rings. The molecule has 0 bridgehead atoms. The van der Waals surface area contributed by atoms with Crippen LogP contribution in [0, 0.1) is 5.92 Å². The summed E-state index contributed by atoms with van der Waals surface area (Å²) in [7, 11) is 0. The molecule has 3 rings (SSSR count). The van der Waals surface area contributed by atoms with Gasteiger partial charge in [-0.25, -0.2) is 0 Å². The maximum atomic E-state index is 12.6. The number of benzene rings is 1. The predicted octanol–water partition coefficient (Wildman–Crippen LogP) is 2.05. The van der Waals surface area contributed by atoms with Crippen molar-refractivity contribution in [1.82, 2.24) is 15.1 Å². The van der Waals surface area contributed by atoms with Crippen molar-refractivity contribution in [2.45, 2.75) is 19.8 Å². The van der Waals surface area contributed by atoms with Gasteiger partial charge in [-0.2, -0.15) is 0 Å². The molecule has 0 radical (unpaired) electrons. The molecular weight excluding hydrogens is 294 g/mol. The van der Waals surface area contributed by atoms with Crippen molar-refractivity contribution >= 4 is 22.8 Å². The fraction of sp³-hybridized carbons (Fsp3) is 0.412. The zero-order valence-electron chi connectivity index (χ0n) is 13.1. The summed E-state index contributed by atoms with van der Waals surface area (Å²) >= 11 is 0. The van der Waals surface area contributed by atoms with E-state index in [4.69, 9.17) is 4.74 Å². The lowest BCUT2D eigenvalue weighted by atomic mass is 9.98. The summed E-state index contributed by atoms with van der Waals surface area (Å²) in [4.78, 5) is 26.2. The van der Waals surface area contributed by atoms with E-state index >= 15 is 0 Å². The fourth-order valence-corrected chi connectivity index (χ4v) is 2.87. The molecule has 1 atom stereocenters. The molecule has 23 heavy (non-hydrogen) atoms. The molecule has 2 aromatic rings. The van der Waals surface area contributed by atoms with Gasteiger partial charge in [-0.1, -0.05) is 18.2 Å². The van der Waals surface area contributed by atoms with Crippen LogP contribution in [0.3, 0.4) is 0 Å². The molecule has 0 N–H and O–H groups in total. The topological polar surface area (TPSA) is 72.4 Å². The van der Waals surface area contributed by atoms with Gasteiger partial charge in [-0.3, -0.25) is 9.59 Å². The number of amides is 1. The van der Waals surface area contributed by atoms with E-state index in [1.807, 2.05) is 24.3 Å². The molecule has 0 saturated carbocycles. The maximum absolute atomic E-state index is 12.6. The molecule has 1 amide bonds. The van der Waals surface area contributed by atoms with Crippen LogP contribution < -0.4 is 0 Å². The lowest BCUT2D eigenvalue weighted by molar-refractivity contribution is -0.149. The Balaban J connectivity index is 1.77. The summed E-state index contributed by atoms with van der Waals surface area (Å²) in [5.74, 6) is -0.659. The normalized spacial score (nSPS) is 18.0. The van der Waals surface area contributed by atoms with Gasteiger partial charge >= 0.3 is 5.97 Å². The van der Waals surface area contributed by atoms with Crippen LogP contribution in [-0.2, 0) is 9.53 Å². The highest BCUT2D eigenvalue weighted by Gasteiger charge is 2.30. The number of carbonyl (C=O) groups excluding carboxylic acids is 2. The lowest BCUT2D eigenvalue weighted by Crippen LogP contribution is -2.43. The van der Waals surface area contributed by atoms with E-state index in [9.17, 15) is 9.59 Å². The first kappa shape index (κ1) is 15.4. The minimum absolute atomic E-state index is 0.183. The second-order valence-corrected chi connectivity index (χ2v) is 5.63. The molecule has 1 aliphatic heterocycles. The number of rotatable bonds is 3. The molecule has 2 heterocycles. The highest BCUT2D eigenvalue weighted by Crippen LogP contribution is 2.20. The number of nitrogens with zero attached hydrogens (tertiary/aromatic N) is 3. The Kier molecular flexibility index (Phi) is 4.50. The quantitative estimate of drug-likeness (QED) is 0.811. The average Bonchev–Trinajstić information content (AvgIpc) is 2.61. The molecule has 1 aliphatic rings. The van der Waals surface area contributed by atoms with Gasteiger partial charge < -0.3 is 9.64 Å². The number of carbonyl (C=O) groups is 2. The number of aromatic nitrogens is 2. The smallest absolute Gasteiger partial charge is 0.310 e. The number of hydrogen-bond acceptors (Lipinski definition) is 5. The molecule has 120 valence electrons. The van der Waals surface area contributed by atoms with Gasteiger partial charge in [0.1, 0.15) is 0 Å². The Bertz CT molecular complexity index is 732. The predicted molar refractivity (Wildman–Crippen MR) is 84.8 cm³/mol. The third-order valence-corrected chi connectivity index (χ3v) is 4.04. The first-order chi connectivity index (χ1) is 11.2. The molecule has 1 unspecified atom stereocenters. The standard InChI is InChI=1S/C17H19N3O3/c1-2-23-17(22)13-7-5-9-20(11-13)16(21)15-10-12-6-3-4-8-14(12)18-19-15/h3-4,6,8,10,13H,2,5,7,9,11H2,1H3. The van der Waals surface area contributed by atoms with Crippen LogP contribution in [0.5, 0.6) is 0 Å². The maximum Gasteiger partial charge on any atom is 0.310 e. The first-order valence-electron chi connectivity index (χ1n) is 7.87. The van der Waals surface area contributed by atoms with Gasteiger partial charge in [-0.05, 0) is 31.9 Å². The van der Waals surface area contributed by atoms with Crippen molar-refractivity contribution < 1.29 is 14.3 Å². The van der Waals surface area contributed by atoms with Crippen LogP contribution in [0.25, 0.3) is 10.9 Å². The highest BCUT2D eigenvalue weighted by atomic mass is 16.5. The van der Waals surface area contributed by atoms with Crippen molar-refractivity contribution in [3.05, 3.63) is 36.0 Å². The zero-order valence-corrected chi connectivity index (χ0v) is 13.1. The van der Waals surface area contributed by atoms with Crippen molar-refractivity contribution in [3.63, 3.8) is 0 Å². The van der Waals surface area contributed by atoms with E-state index < -0.39 is 0 Å². The van der Waals surface area contributed by atoms with Gasteiger partial charge in [0.2, 0.25) is 0 Å². The van der Waals surface area contributed by atoms with E-state index in [1.165, 1.54) is 0 Å². The Morgan fingerprint density at radius 2 is 2.13 bits per heavy atom. The molecule has 6 heteroatoms. The number of hydrogen-bond donors (Lipinski definition) is 0. The summed E-state index contributed by atoms with van der Waals surface area (Å²) < 4.78 is 5.07. The van der Waals surface area contributed by atoms with Crippen molar-refractivity contribution in [1.29, 1.82) is 0 Å². The fourth-order valence-electron chi connectivity index (χ4n) is 2.87. The third kappa shape index (κ3) is 3.31. The number of ether oxygens (including phenoxy) is 1. The van der Waals surface area contributed by atoms with E-state index in [0.29, 0.717) is 25.4 Å². The van der Waals surface area contributed by atoms with Gasteiger partial charge in [0.05, 0.1) is 18.0 Å². The average molecular weight is 313 g/mol. The Hall–Kier alpha value is -2.50. The number of fused-ring (bicyclic) bond motifs is 1. The van der Waals surface area contributed by atoms with Crippen molar-refractivity contribution in [3.8, 4) is 0 Å². The van der Waals surface area contributed by atoms with E-state index in [0.717, 1.165) is 23.7 Å². The van der Waals surface area contributed by atoms with E-state index in [-0.39, 0.29) is 17.8 Å². The highest BCUT2D eigenvalue weighted by molar-refractivity contribution is 5.95. The van der Waals surface area contributed by atoms with Crippen LogP contribution in [0.4, 0.5) is 0 Å².